The first-order chi connectivity index (χ1) is 6.68. The van der Waals surface area contributed by atoms with Crippen LogP contribution in [0.5, 0.6) is 0 Å². The zero-order valence-electron chi connectivity index (χ0n) is 8.96. The summed E-state index contributed by atoms with van der Waals surface area (Å²) >= 11 is 0. The maximum Gasteiger partial charge on any atom is 0.331 e. The van der Waals surface area contributed by atoms with Gasteiger partial charge in [0.2, 0.25) is 0 Å². The van der Waals surface area contributed by atoms with E-state index < -0.39 is 5.97 Å². The summed E-state index contributed by atoms with van der Waals surface area (Å²) in [5.41, 5.74) is 0.259. The highest BCUT2D eigenvalue weighted by Crippen LogP contribution is 2.05. The van der Waals surface area contributed by atoms with E-state index in [4.69, 9.17) is 5.11 Å². The van der Waals surface area contributed by atoms with Crippen molar-refractivity contribution in [3.05, 3.63) is 24.3 Å². The summed E-state index contributed by atoms with van der Waals surface area (Å²) in [5, 5.41) is 8.52. The van der Waals surface area contributed by atoms with Gasteiger partial charge in [-0.1, -0.05) is 44.9 Å². The Morgan fingerprint density at radius 1 is 1.29 bits per heavy atom. The first-order valence-corrected chi connectivity index (χ1v) is 5.24. The van der Waals surface area contributed by atoms with Crippen LogP contribution in [-0.2, 0) is 4.79 Å². The van der Waals surface area contributed by atoms with Crippen LogP contribution in [0.2, 0.25) is 0 Å². The second kappa shape index (κ2) is 8.54. The van der Waals surface area contributed by atoms with Gasteiger partial charge in [0.05, 0.1) is 0 Å². The normalized spacial score (nSPS) is 10.6. The molecule has 0 saturated heterocycles. The summed E-state index contributed by atoms with van der Waals surface area (Å²) in [5.74, 6) is -0.902. The van der Waals surface area contributed by atoms with Crippen LogP contribution in [0.1, 0.15) is 45.4 Å². The van der Waals surface area contributed by atoms with Gasteiger partial charge in [-0.2, -0.15) is 0 Å². The minimum Gasteiger partial charge on any atom is -0.478 e. The van der Waals surface area contributed by atoms with Crippen LogP contribution in [-0.4, -0.2) is 11.1 Å². The van der Waals surface area contributed by atoms with Crippen molar-refractivity contribution in [2.45, 2.75) is 45.4 Å². The molecule has 0 rings (SSSR count). The highest BCUT2D eigenvalue weighted by molar-refractivity contribution is 5.85. The summed E-state index contributed by atoms with van der Waals surface area (Å²) in [6, 6.07) is 0. The number of hydrogen-bond donors (Lipinski definition) is 1. The third kappa shape index (κ3) is 7.59. The van der Waals surface area contributed by atoms with Crippen LogP contribution < -0.4 is 0 Å². The molecule has 0 unspecified atom stereocenters. The number of carboxylic acid groups (broad SMARTS) is 1. The van der Waals surface area contributed by atoms with Crippen molar-refractivity contribution in [3.8, 4) is 0 Å². The minimum atomic E-state index is -0.902. The van der Waals surface area contributed by atoms with E-state index in [1.165, 1.54) is 25.7 Å². The number of allylic oxidation sites excluding steroid dienone is 2. The Hall–Kier alpha value is -1.05. The van der Waals surface area contributed by atoms with E-state index in [0.717, 1.165) is 6.42 Å². The Labute approximate surface area is 86.3 Å². The van der Waals surface area contributed by atoms with Gasteiger partial charge in [0.25, 0.3) is 0 Å². The lowest BCUT2D eigenvalue weighted by atomic mass is 10.1. The Balaban J connectivity index is 3.36. The third-order valence-corrected chi connectivity index (χ3v) is 2.06. The Morgan fingerprint density at radius 2 is 2.00 bits per heavy atom. The number of rotatable bonds is 8. The number of carboxylic acids is 1. The Kier molecular flexibility index (Phi) is 7.90. The minimum absolute atomic E-state index is 0.259. The fourth-order valence-corrected chi connectivity index (χ4v) is 1.12. The molecular weight excluding hydrogens is 176 g/mol. The topological polar surface area (TPSA) is 37.3 Å². The van der Waals surface area contributed by atoms with Crippen LogP contribution in [0.4, 0.5) is 0 Å². The van der Waals surface area contributed by atoms with E-state index >= 15 is 0 Å². The molecule has 14 heavy (non-hydrogen) atoms. The molecule has 2 nitrogen and oxygen atoms in total. The van der Waals surface area contributed by atoms with Crippen LogP contribution >= 0.6 is 0 Å². The lowest BCUT2D eigenvalue weighted by molar-refractivity contribution is -0.132. The van der Waals surface area contributed by atoms with Gasteiger partial charge in [-0.3, -0.25) is 0 Å². The maximum absolute atomic E-state index is 10.4. The number of hydrogen-bond acceptors (Lipinski definition) is 1. The predicted octanol–water partition coefficient (Wildman–Crippen LogP) is 3.54. The van der Waals surface area contributed by atoms with Crippen molar-refractivity contribution >= 4 is 5.97 Å². The first kappa shape index (κ1) is 12.9. The molecule has 0 radical (unpaired) electrons. The molecule has 0 amide bonds. The summed E-state index contributed by atoms with van der Waals surface area (Å²) < 4.78 is 0. The fourth-order valence-electron chi connectivity index (χ4n) is 1.12. The molecule has 0 heterocycles. The van der Waals surface area contributed by atoms with Crippen molar-refractivity contribution in [1.29, 1.82) is 0 Å². The highest BCUT2D eigenvalue weighted by Gasteiger charge is 1.99. The molecule has 0 aromatic heterocycles. The molecule has 1 N–H and O–H groups in total. The maximum atomic E-state index is 10.4. The Morgan fingerprint density at radius 3 is 2.57 bits per heavy atom. The molecule has 0 aromatic carbocycles. The monoisotopic (exact) mass is 196 g/mol. The molecule has 0 aliphatic heterocycles. The van der Waals surface area contributed by atoms with Crippen molar-refractivity contribution in [2.24, 2.45) is 0 Å². The first-order valence-electron chi connectivity index (χ1n) is 5.24. The number of aliphatic carboxylic acids is 1. The average molecular weight is 196 g/mol. The summed E-state index contributed by atoms with van der Waals surface area (Å²) in [4.78, 5) is 10.4. The average Bonchev–Trinajstić information content (AvgIpc) is 2.16. The molecule has 0 spiro atoms. The molecule has 0 saturated carbocycles. The summed E-state index contributed by atoms with van der Waals surface area (Å²) in [7, 11) is 0. The van der Waals surface area contributed by atoms with Gasteiger partial charge in [-0.25, -0.2) is 4.79 Å². The summed E-state index contributed by atoms with van der Waals surface area (Å²) in [6.45, 7) is 5.64. The lowest BCUT2D eigenvalue weighted by Gasteiger charge is -1.95. The van der Waals surface area contributed by atoms with Crippen molar-refractivity contribution < 1.29 is 9.90 Å². The van der Waals surface area contributed by atoms with Crippen LogP contribution in [0.25, 0.3) is 0 Å². The molecule has 0 fully saturated rings. The van der Waals surface area contributed by atoms with Gasteiger partial charge < -0.3 is 5.11 Å². The van der Waals surface area contributed by atoms with Crippen LogP contribution in [0, 0.1) is 0 Å². The third-order valence-electron chi connectivity index (χ3n) is 2.06. The van der Waals surface area contributed by atoms with Crippen LogP contribution in [0.3, 0.4) is 0 Å². The van der Waals surface area contributed by atoms with Crippen molar-refractivity contribution in [1.82, 2.24) is 0 Å². The predicted molar refractivity (Wildman–Crippen MR) is 59.3 cm³/mol. The fraction of sp³-hybridized carbons (Fsp3) is 0.583. The van der Waals surface area contributed by atoms with E-state index in [9.17, 15) is 4.79 Å². The van der Waals surface area contributed by atoms with Gasteiger partial charge in [-0.15, -0.1) is 0 Å². The lowest BCUT2D eigenvalue weighted by Crippen LogP contribution is -1.96. The zero-order chi connectivity index (χ0) is 10.8. The molecule has 80 valence electrons. The van der Waals surface area contributed by atoms with Crippen molar-refractivity contribution in [2.75, 3.05) is 0 Å². The van der Waals surface area contributed by atoms with Gasteiger partial charge in [0.1, 0.15) is 0 Å². The molecule has 0 atom stereocenters. The summed E-state index contributed by atoms with van der Waals surface area (Å²) in [6.07, 6.45) is 10.4. The van der Waals surface area contributed by atoms with E-state index in [2.05, 4.69) is 13.5 Å². The molecule has 0 aliphatic carbocycles. The zero-order valence-corrected chi connectivity index (χ0v) is 8.96. The van der Waals surface area contributed by atoms with Gasteiger partial charge >= 0.3 is 5.97 Å². The van der Waals surface area contributed by atoms with Gasteiger partial charge in [0.15, 0.2) is 0 Å². The van der Waals surface area contributed by atoms with E-state index in [1.807, 2.05) is 12.2 Å². The molecule has 0 aromatic rings. The van der Waals surface area contributed by atoms with Gasteiger partial charge in [0, 0.05) is 5.57 Å². The molecule has 0 aliphatic rings. The number of carbonyl (C=O) groups is 1. The molecular formula is C12H20O2. The molecule has 0 bridgehead atoms. The highest BCUT2D eigenvalue weighted by atomic mass is 16.4. The van der Waals surface area contributed by atoms with E-state index in [1.54, 1.807) is 0 Å². The SMILES string of the molecule is C=C(CC=CCCCCCC)C(=O)O. The van der Waals surface area contributed by atoms with Gasteiger partial charge in [-0.05, 0) is 19.3 Å². The van der Waals surface area contributed by atoms with E-state index in [0.29, 0.717) is 6.42 Å². The van der Waals surface area contributed by atoms with E-state index in [-0.39, 0.29) is 5.57 Å². The van der Waals surface area contributed by atoms with Crippen molar-refractivity contribution in [3.63, 3.8) is 0 Å². The molecule has 2 heteroatoms. The Bertz CT molecular complexity index is 204. The quantitative estimate of drug-likeness (QED) is 0.366. The second-order valence-corrected chi connectivity index (χ2v) is 3.43. The smallest absolute Gasteiger partial charge is 0.331 e. The second-order valence-electron chi connectivity index (χ2n) is 3.43. The van der Waals surface area contributed by atoms with Crippen LogP contribution in [0.15, 0.2) is 24.3 Å². The largest absolute Gasteiger partial charge is 0.478 e. The standard InChI is InChI=1S/C12H20O2/c1-3-4-5-6-7-8-9-10-11(2)12(13)14/h8-9H,2-7,10H2,1H3,(H,13,14). The number of unbranched alkanes of at least 4 members (excludes halogenated alkanes) is 4.